The van der Waals surface area contributed by atoms with Crippen LogP contribution in [0.25, 0.3) is 22.2 Å². The molecule has 7 aliphatic rings. The molecule has 2 amide bonds. The summed E-state index contributed by atoms with van der Waals surface area (Å²) in [5, 5.41) is 13.4. The number of nitrogens with two attached hydrogens (primary N) is 1. The molecule has 7 aliphatic carbocycles. The van der Waals surface area contributed by atoms with Crippen LogP contribution in [0.15, 0.2) is 61.6 Å². The van der Waals surface area contributed by atoms with Gasteiger partial charge in [-0.05, 0) is 179 Å². The van der Waals surface area contributed by atoms with E-state index in [2.05, 4.69) is 89.5 Å². The Morgan fingerprint density at radius 3 is 2.03 bits per heavy atom. The van der Waals surface area contributed by atoms with Crippen LogP contribution in [-0.4, -0.2) is 52.4 Å². The van der Waals surface area contributed by atoms with Gasteiger partial charge in [0.05, 0.1) is 16.4 Å². The van der Waals surface area contributed by atoms with Gasteiger partial charge >= 0.3 is 0 Å². The van der Waals surface area contributed by atoms with Gasteiger partial charge < -0.3 is 29.6 Å². The van der Waals surface area contributed by atoms with Gasteiger partial charge in [0.15, 0.2) is 28.6 Å². The van der Waals surface area contributed by atoms with Crippen molar-refractivity contribution < 1.29 is 28.1 Å². The van der Waals surface area contributed by atoms with Crippen LogP contribution in [0, 0.1) is 65.6 Å². The smallest absolute Gasteiger partial charge is 0.226 e. The second kappa shape index (κ2) is 19.6. The quantitative estimate of drug-likeness (QED) is 0.107. The van der Waals surface area contributed by atoms with Gasteiger partial charge in [-0.2, -0.15) is 0 Å². The molecule has 13 nitrogen and oxygen atoms in total. The van der Waals surface area contributed by atoms with E-state index in [0.29, 0.717) is 76.3 Å². The summed E-state index contributed by atoms with van der Waals surface area (Å²) < 4.78 is 11.4. The molecule has 4 saturated carbocycles. The highest BCUT2D eigenvalue weighted by molar-refractivity contribution is 7.15. The zero-order valence-electron chi connectivity index (χ0n) is 43.5. The maximum Gasteiger partial charge on any atom is 0.226 e. The third kappa shape index (κ3) is 9.30. The standard InChI is InChI=1S/C28H34N4O3S.C23H28ClN3O3.C6H10/c1-15-14-29-27(36-15)31-25(33)8-6-18-12-24(32-34-4)28(3)10-9-19-20(26(18)28)7-5-17-11-23-22(13-21(17)19)30-16(2)35-23;1-23-8-7-13-14(20(23)12(3-6-19(25)28)9-18(23)27-29-2)4-5-15-16(13)10-17-22(21(15)24)30-11-26-17;1-5-4-6(5,2)3/h11,13-14,18-20,26H,5-10,12H2,1-4H3,(H,29,31,33);10-14,20H,3-9H2,1-2H3,(H2,25,28);4H,1-3H3/b32-24+;27-18+;. The number of anilines is 1. The zero-order valence-corrected chi connectivity index (χ0v) is 45.1. The molecular formula is C57H72ClN7O6S. The summed E-state index contributed by atoms with van der Waals surface area (Å²) in [5.41, 5.74) is 18.8. The largest absolute Gasteiger partial charge is 0.442 e. The number of fused-ring (bicyclic) bond motifs is 12. The minimum Gasteiger partial charge on any atom is -0.442 e. The van der Waals surface area contributed by atoms with Crippen molar-refractivity contribution in [2.24, 2.45) is 67.8 Å². The van der Waals surface area contributed by atoms with E-state index in [0.717, 1.165) is 115 Å². The number of oxazole rings is 2. The molecule has 12 rings (SSSR count). The first-order valence-corrected chi connectivity index (χ1v) is 27.5. The molecule has 72 heavy (non-hydrogen) atoms. The van der Waals surface area contributed by atoms with Gasteiger partial charge in [0.1, 0.15) is 25.3 Å². The number of amides is 2. The molecule has 0 spiro atoms. The van der Waals surface area contributed by atoms with Crippen LogP contribution in [0.1, 0.15) is 157 Å². The van der Waals surface area contributed by atoms with Crippen molar-refractivity contribution in [3.63, 3.8) is 0 Å². The molecule has 3 aromatic heterocycles. The number of aromatic nitrogens is 3. The number of aryl methyl sites for hydroxylation is 3. The molecule has 2 aromatic carbocycles. The molecule has 3 heterocycles. The van der Waals surface area contributed by atoms with Gasteiger partial charge in [0, 0.05) is 47.1 Å². The van der Waals surface area contributed by atoms with Gasteiger partial charge in [-0.15, -0.1) is 11.3 Å². The van der Waals surface area contributed by atoms with E-state index < -0.39 is 0 Å². The minimum atomic E-state index is -0.226. The Balaban J connectivity index is 0.000000150. The van der Waals surface area contributed by atoms with E-state index in [1.807, 2.05) is 13.8 Å². The number of hydrogen-bond acceptors (Lipinski definition) is 12. The molecular weight excluding hydrogens is 946 g/mol. The number of nitrogens with zero attached hydrogens (tertiary/aromatic N) is 5. The SMILES string of the molecule is CC1=CC1(C)C.CO/N=C1\CC(CCC(=O)Nc2ncc(C)s2)C2C3CCc4cc5oc(C)nc5cc4C3CCC12C.CO/N=C1\CC(CCC(N)=O)C2C3CCc4c(cc5ncoc5c4Cl)C3CCC12C. The number of rotatable bonds is 9. The van der Waals surface area contributed by atoms with Gasteiger partial charge in [0.2, 0.25) is 11.8 Å². The highest BCUT2D eigenvalue weighted by atomic mass is 35.5. The Bertz CT molecular complexity index is 2990. The minimum absolute atomic E-state index is 0.0127. The molecule has 15 heteroatoms. The Labute approximate surface area is 432 Å². The summed E-state index contributed by atoms with van der Waals surface area (Å²) in [6, 6.07) is 6.71. The summed E-state index contributed by atoms with van der Waals surface area (Å²) in [6.45, 7) is 15.3. The maximum atomic E-state index is 12.8. The third-order valence-corrected chi connectivity index (χ3v) is 19.9. The number of allylic oxidation sites excluding steroid dienone is 2. The van der Waals surface area contributed by atoms with Crippen LogP contribution < -0.4 is 11.1 Å². The van der Waals surface area contributed by atoms with Crippen molar-refractivity contribution in [2.45, 2.75) is 150 Å². The number of oxime groups is 2. The second-order valence-electron chi connectivity index (χ2n) is 23.1. The van der Waals surface area contributed by atoms with Crippen LogP contribution >= 0.6 is 22.9 Å². The molecule has 0 radical (unpaired) electrons. The molecule has 0 aliphatic heterocycles. The van der Waals surface area contributed by atoms with Gasteiger partial charge in [-0.25, -0.2) is 15.0 Å². The monoisotopic (exact) mass is 1020 g/mol. The van der Waals surface area contributed by atoms with Crippen LogP contribution in [0.5, 0.6) is 0 Å². The molecule has 5 aromatic rings. The number of benzene rings is 2. The molecule has 4 fully saturated rings. The average molecular weight is 1020 g/mol. The van der Waals surface area contributed by atoms with Gasteiger partial charge in [-0.3, -0.25) is 9.59 Å². The number of carbonyl (C=O) groups is 2. The molecule has 0 bridgehead atoms. The number of primary amides is 1. The highest BCUT2D eigenvalue weighted by Gasteiger charge is 2.59. The highest BCUT2D eigenvalue weighted by Crippen LogP contribution is 2.64. The van der Waals surface area contributed by atoms with E-state index in [4.69, 9.17) is 35.8 Å². The van der Waals surface area contributed by atoms with Crippen molar-refractivity contribution >= 4 is 73.5 Å². The summed E-state index contributed by atoms with van der Waals surface area (Å²) in [6.07, 6.45) is 18.6. The number of nitrogens with one attached hydrogen (secondary N) is 1. The Hall–Kier alpha value is -5.08. The lowest BCUT2D eigenvalue weighted by Gasteiger charge is -2.50. The Kier molecular flexibility index (Phi) is 13.8. The van der Waals surface area contributed by atoms with E-state index >= 15 is 0 Å². The fourth-order valence-electron chi connectivity index (χ4n) is 15.0. The maximum absolute atomic E-state index is 12.8. The normalized spacial score (nSPS) is 31.4. The van der Waals surface area contributed by atoms with Crippen molar-refractivity contribution in [3.05, 3.63) is 80.5 Å². The number of carbonyl (C=O) groups excluding carboxylic acids is 2. The molecule has 0 saturated heterocycles. The van der Waals surface area contributed by atoms with Gasteiger partial charge in [-0.1, -0.05) is 61.3 Å². The second-order valence-corrected chi connectivity index (χ2v) is 24.7. The van der Waals surface area contributed by atoms with E-state index in [-0.39, 0.29) is 22.6 Å². The average Bonchev–Trinajstić information content (AvgIpc) is 4.00. The van der Waals surface area contributed by atoms with Crippen molar-refractivity contribution in [2.75, 3.05) is 19.5 Å². The third-order valence-electron chi connectivity index (χ3n) is 18.6. The number of thiazole rings is 1. The molecule has 384 valence electrons. The summed E-state index contributed by atoms with van der Waals surface area (Å²) in [4.78, 5) is 49.2. The lowest BCUT2D eigenvalue weighted by molar-refractivity contribution is -0.118. The van der Waals surface area contributed by atoms with Crippen LogP contribution in [0.4, 0.5) is 5.13 Å². The first-order chi connectivity index (χ1) is 34.4. The fourth-order valence-corrected chi connectivity index (χ4v) is 16.1. The Morgan fingerprint density at radius 2 is 1.44 bits per heavy atom. The predicted molar refractivity (Wildman–Crippen MR) is 284 cm³/mol. The van der Waals surface area contributed by atoms with Crippen LogP contribution in [-0.2, 0) is 32.1 Å². The van der Waals surface area contributed by atoms with Crippen LogP contribution in [0.2, 0.25) is 5.02 Å². The fraction of sp³-hybridized carbons (Fsp3) is 0.596. The van der Waals surface area contributed by atoms with Crippen LogP contribution in [0.3, 0.4) is 0 Å². The number of halogens is 1. The van der Waals surface area contributed by atoms with E-state index in [9.17, 15) is 9.59 Å². The number of hydrogen-bond donors (Lipinski definition) is 2. The summed E-state index contributed by atoms with van der Waals surface area (Å²) in [5.74, 6) is 4.38. The van der Waals surface area contributed by atoms with Crippen molar-refractivity contribution in [3.8, 4) is 0 Å². The first-order valence-electron chi connectivity index (χ1n) is 26.3. The van der Waals surface area contributed by atoms with Gasteiger partial charge in [0.25, 0.3) is 0 Å². The summed E-state index contributed by atoms with van der Waals surface area (Å²) in [7, 11) is 3.27. The lowest BCUT2D eigenvalue weighted by atomic mass is 9.54. The lowest BCUT2D eigenvalue weighted by Crippen LogP contribution is -2.44. The summed E-state index contributed by atoms with van der Waals surface area (Å²) >= 11 is 8.25. The molecule has 10 unspecified atom stereocenters. The molecule has 3 N–H and O–H groups in total. The van der Waals surface area contributed by atoms with Crippen molar-refractivity contribution in [1.82, 2.24) is 15.0 Å². The predicted octanol–water partition coefficient (Wildman–Crippen LogP) is 13.2. The Morgan fingerprint density at radius 1 is 0.847 bits per heavy atom. The zero-order chi connectivity index (χ0) is 50.9. The van der Waals surface area contributed by atoms with E-state index in [1.54, 1.807) is 20.4 Å². The topological polar surface area (TPSA) is 180 Å². The first kappa shape index (κ1) is 50.5. The molecule has 10 atom stereocenters. The van der Waals surface area contributed by atoms with Crippen molar-refractivity contribution in [1.29, 1.82) is 0 Å². The van der Waals surface area contributed by atoms with E-state index in [1.165, 1.54) is 51.3 Å².